The summed E-state index contributed by atoms with van der Waals surface area (Å²) in [5.74, 6) is 1.72. The molecule has 2 saturated heterocycles. The molecule has 1 aromatic carbocycles. The summed E-state index contributed by atoms with van der Waals surface area (Å²) in [5.41, 5.74) is -0.268. The van der Waals surface area contributed by atoms with Crippen LogP contribution in [0.1, 0.15) is 39.5 Å². The molecule has 3 atom stereocenters. The molecule has 0 spiro atoms. The first-order valence-corrected chi connectivity index (χ1v) is 12.0. The number of aromatic amines is 1. The molecule has 2 N–H and O–H groups in total. The number of tetrazole rings is 1. The van der Waals surface area contributed by atoms with Crippen LogP contribution in [0.2, 0.25) is 10.0 Å². The fourth-order valence-electron chi connectivity index (χ4n) is 4.86. The number of carbonyl (C=O) groups excluding carboxylic acids is 1. The number of nitrogens with one attached hydrogen (secondary N) is 2. The van der Waals surface area contributed by atoms with Crippen molar-refractivity contribution < 1.29 is 9.53 Å². The van der Waals surface area contributed by atoms with Crippen molar-refractivity contribution >= 4 is 34.9 Å². The van der Waals surface area contributed by atoms with Gasteiger partial charge in [0.15, 0.2) is 5.60 Å². The summed E-state index contributed by atoms with van der Waals surface area (Å²) < 4.78 is 5.95. The van der Waals surface area contributed by atoms with E-state index in [2.05, 4.69) is 35.8 Å². The Morgan fingerprint density at radius 3 is 2.56 bits per heavy atom. The van der Waals surface area contributed by atoms with E-state index in [9.17, 15) is 4.79 Å². The van der Waals surface area contributed by atoms with Gasteiger partial charge < -0.3 is 15.0 Å². The average Bonchev–Trinajstić information content (AvgIpc) is 3.43. The van der Waals surface area contributed by atoms with E-state index in [1.807, 2.05) is 12.1 Å². The number of ether oxygens (including phenoxy) is 1. The van der Waals surface area contributed by atoms with E-state index in [0.717, 1.165) is 37.1 Å². The Kier molecular flexibility index (Phi) is 6.07. The van der Waals surface area contributed by atoms with Gasteiger partial charge in [0.25, 0.3) is 5.91 Å². The number of hydrogen-bond acceptors (Lipinski definition) is 7. The maximum Gasteiger partial charge on any atom is 0.263 e. The van der Waals surface area contributed by atoms with Gasteiger partial charge >= 0.3 is 0 Å². The summed E-state index contributed by atoms with van der Waals surface area (Å²) >= 11 is 12.2. The van der Waals surface area contributed by atoms with Crippen LogP contribution in [-0.2, 0) is 4.79 Å². The van der Waals surface area contributed by atoms with Gasteiger partial charge in [-0.1, -0.05) is 23.2 Å². The summed E-state index contributed by atoms with van der Waals surface area (Å²) in [4.78, 5) is 20.1. The normalized spacial score (nSPS) is 22.0. The Morgan fingerprint density at radius 1 is 1.18 bits per heavy atom. The molecule has 0 saturated carbocycles. The number of amides is 1. The monoisotopic (exact) mass is 501 g/mol. The van der Waals surface area contributed by atoms with Crippen LogP contribution >= 0.6 is 23.2 Å². The molecule has 4 heterocycles. The van der Waals surface area contributed by atoms with Gasteiger partial charge in [-0.25, -0.2) is 4.98 Å². The number of carbonyl (C=O) groups is 1. The van der Waals surface area contributed by atoms with Crippen molar-refractivity contribution in [3.63, 3.8) is 0 Å². The molecule has 9 nitrogen and oxygen atoms in total. The third-order valence-electron chi connectivity index (χ3n) is 6.49. The topological polar surface area (TPSA) is 109 Å². The van der Waals surface area contributed by atoms with Crippen LogP contribution in [0.15, 0.2) is 36.5 Å². The molecule has 5 rings (SSSR count). The van der Waals surface area contributed by atoms with Crippen molar-refractivity contribution in [1.82, 2.24) is 30.9 Å². The van der Waals surface area contributed by atoms with E-state index in [-0.39, 0.29) is 11.9 Å². The molecule has 2 fully saturated rings. The van der Waals surface area contributed by atoms with E-state index >= 15 is 0 Å². The van der Waals surface area contributed by atoms with Gasteiger partial charge in [-0.3, -0.25) is 4.79 Å². The number of rotatable bonds is 6. The molecule has 3 aromatic rings. The number of fused-ring (bicyclic) bond motifs is 2. The van der Waals surface area contributed by atoms with Gasteiger partial charge in [0.2, 0.25) is 5.82 Å². The number of benzene rings is 1. The Hall–Kier alpha value is -2.91. The van der Waals surface area contributed by atoms with Crippen molar-refractivity contribution in [1.29, 1.82) is 0 Å². The average molecular weight is 502 g/mol. The lowest BCUT2D eigenvalue weighted by Gasteiger charge is -2.40. The van der Waals surface area contributed by atoms with E-state index in [0.29, 0.717) is 33.7 Å². The van der Waals surface area contributed by atoms with Crippen LogP contribution in [0.5, 0.6) is 5.75 Å². The number of hydrogen-bond donors (Lipinski definition) is 2. The van der Waals surface area contributed by atoms with Crippen LogP contribution < -0.4 is 15.0 Å². The molecule has 2 aliphatic rings. The fourth-order valence-corrected chi connectivity index (χ4v) is 5.31. The second-order valence-electron chi connectivity index (χ2n) is 9.26. The second kappa shape index (κ2) is 9.03. The molecule has 2 bridgehead atoms. The summed E-state index contributed by atoms with van der Waals surface area (Å²) in [7, 11) is 0. The molecular formula is C23H25Cl2N7O2. The highest BCUT2D eigenvalue weighted by Gasteiger charge is 2.43. The minimum atomic E-state index is -1.08. The zero-order valence-corrected chi connectivity index (χ0v) is 20.3. The van der Waals surface area contributed by atoms with Crippen LogP contribution in [0.4, 0.5) is 5.82 Å². The number of halogens is 2. The Bertz CT molecular complexity index is 1160. The summed E-state index contributed by atoms with van der Waals surface area (Å²) in [6.45, 7) is 3.48. The minimum Gasteiger partial charge on any atom is -0.476 e. The number of pyridine rings is 1. The Balaban J connectivity index is 1.23. The standard InChI is InChI=1S/C23H25Cl2N7O2/c1-23(2,34-19-7-4-14(24)9-18(19)25)22(33)27-15-10-16-5-6-17(11-15)32(16)20-8-3-13(12-26-20)21-28-30-31-29-21/h3-4,7-9,12,15-17H,5-6,10-11H2,1-2H3,(H,27,33)(H,28,29,30,31)/t15?,16-,17+. The molecule has 34 heavy (non-hydrogen) atoms. The molecule has 178 valence electrons. The van der Waals surface area contributed by atoms with Gasteiger partial charge in [-0.05, 0) is 75.1 Å². The highest BCUT2D eigenvalue weighted by atomic mass is 35.5. The third kappa shape index (κ3) is 4.54. The molecule has 2 aliphatic heterocycles. The lowest BCUT2D eigenvalue weighted by molar-refractivity contribution is -0.135. The minimum absolute atomic E-state index is 0.0726. The second-order valence-corrected chi connectivity index (χ2v) is 10.1. The number of piperidine rings is 1. The molecule has 11 heteroatoms. The van der Waals surface area contributed by atoms with Gasteiger partial charge in [0.05, 0.1) is 5.02 Å². The number of H-pyrrole nitrogens is 1. The Morgan fingerprint density at radius 2 is 1.94 bits per heavy atom. The zero-order valence-electron chi connectivity index (χ0n) is 18.8. The van der Waals surface area contributed by atoms with E-state index in [1.165, 1.54) is 0 Å². The quantitative estimate of drug-likeness (QED) is 0.524. The predicted octanol–water partition coefficient (Wildman–Crippen LogP) is 4.04. The van der Waals surface area contributed by atoms with Gasteiger partial charge in [-0.2, -0.15) is 5.21 Å². The molecule has 1 unspecified atom stereocenters. The summed E-state index contributed by atoms with van der Waals surface area (Å²) in [5, 5.41) is 18.1. The smallest absolute Gasteiger partial charge is 0.263 e. The van der Waals surface area contributed by atoms with Crippen molar-refractivity contribution in [2.45, 2.75) is 63.3 Å². The first kappa shape index (κ1) is 22.9. The number of anilines is 1. The first-order chi connectivity index (χ1) is 16.3. The highest BCUT2D eigenvalue weighted by Crippen LogP contribution is 2.39. The van der Waals surface area contributed by atoms with Crippen molar-refractivity contribution in [2.75, 3.05) is 4.90 Å². The molecule has 0 aliphatic carbocycles. The predicted molar refractivity (Wildman–Crippen MR) is 129 cm³/mol. The van der Waals surface area contributed by atoms with Gasteiger partial charge in [0.1, 0.15) is 11.6 Å². The maximum absolute atomic E-state index is 13.1. The largest absolute Gasteiger partial charge is 0.476 e. The van der Waals surface area contributed by atoms with Crippen LogP contribution in [0.3, 0.4) is 0 Å². The third-order valence-corrected chi connectivity index (χ3v) is 7.02. The van der Waals surface area contributed by atoms with E-state index in [4.69, 9.17) is 27.9 Å². The molecular weight excluding hydrogens is 477 g/mol. The maximum atomic E-state index is 13.1. The van der Waals surface area contributed by atoms with Crippen LogP contribution in [0.25, 0.3) is 11.4 Å². The lowest BCUT2D eigenvalue weighted by Crippen LogP contribution is -2.55. The van der Waals surface area contributed by atoms with Crippen LogP contribution in [0, 0.1) is 0 Å². The highest BCUT2D eigenvalue weighted by molar-refractivity contribution is 6.35. The van der Waals surface area contributed by atoms with E-state index < -0.39 is 5.60 Å². The lowest BCUT2D eigenvalue weighted by atomic mass is 9.96. The molecule has 2 aromatic heterocycles. The SMILES string of the molecule is CC(C)(Oc1ccc(Cl)cc1Cl)C(=O)NC1C[C@H]2CC[C@@H](C1)N2c1ccc(-c2nn[nH]n2)cn1. The first-order valence-electron chi connectivity index (χ1n) is 11.2. The Labute approximate surface area is 207 Å². The summed E-state index contributed by atoms with van der Waals surface area (Å²) in [6, 6.07) is 9.64. The van der Waals surface area contributed by atoms with Gasteiger partial charge in [-0.15, -0.1) is 10.2 Å². The number of nitrogens with zero attached hydrogens (tertiary/aromatic N) is 5. The number of aromatic nitrogens is 5. The fraction of sp³-hybridized carbons (Fsp3) is 0.435. The van der Waals surface area contributed by atoms with Crippen LogP contribution in [-0.4, -0.2) is 55.2 Å². The summed E-state index contributed by atoms with van der Waals surface area (Å²) in [6.07, 6.45) is 5.63. The molecule has 1 amide bonds. The zero-order chi connectivity index (χ0) is 23.9. The van der Waals surface area contributed by atoms with Crippen molar-refractivity contribution in [3.05, 3.63) is 46.6 Å². The van der Waals surface area contributed by atoms with Crippen molar-refractivity contribution in [2.24, 2.45) is 0 Å². The molecule has 0 radical (unpaired) electrons. The van der Waals surface area contributed by atoms with Crippen molar-refractivity contribution in [3.8, 4) is 17.1 Å². The van der Waals surface area contributed by atoms with E-state index in [1.54, 1.807) is 38.2 Å². The van der Waals surface area contributed by atoms with Gasteiger partial charge in [0, 0.05) is 34.9 Å².